The monoisotopic (exact) mass is 327 g/mol. The van der Waals surface area contributed by atoms with Gasteiger partial charge in [-0.2, -0.15) is 0 Å². The van der Waals surface area contributed by atoms with Gasteiger partial charge in [0.15, 0.2) is 5.96 Å². The van der Waals surface area contributed by atoms with Crippen LogP contribution < -0.4 is 21.9 Å². The van der Waals surface area contributed by atoms with E-state index in [0.717, 1.165) is 0 Å². The molecule has 1 aromatic carbocycles. The van der Waals surface area contributed by atoms with E-state index in [4.69, 9.17) is 17.2 Å². The highest BCUT2D eigenvalue weighted by Gasteiger charge is 2.22. The van der Waals surface area contributed by atoms with Crippen molar-refractivity contribution < 1.29 is 13.2 Å². The fraction of sp³-hybridized carbons (Fsp3) is 0.385. The lowest BCUT2D eigenvalue weighted by atomic mass is 10.1. The van der Waals surface area contributed by atoms with E-state index in [2.05, 4.69) is 9.71 Å². The van der Waals surface area contributed by atoms with Crippen molar-refractivity contribution in [1.29, 1.82) is 0 Å². The second kappa shape index (κ2) is 8.35. The third-order valence-corrected chi connectivity index (χ3v) is 4.17. The lowest BCUT2D eigenvalue weighted by Crippen LogP contribution is -2.44. The van der Waals surface area contributed by atoms with Gasteiger partial charge in [0.05, 0.1) is 5.75 Å². The van der Waals surface area contributed by atoms with Gasteiger partial charge in [0.25, 0.3) is 0 Å². The Morgan fingerprint density at radius 3 is 2.36 bits per heavy atom. The first-order chi connectivity index (χ1) is 10.3. The van der Waals surface area contributed by atoms with Gasteiger partial charge in [-0.05, 0) is 18.4 Å². The Balaban J connectivity index is 2.61. The van der Waals surface area contributed by atoms with Gasteiger partial charge in [-0.3, -0.25) is 9.79 Å². The highest BCUT2D eigenvalue weighted by Crippen LogP contribution is 2.07. The first kappa shape index (κ1) is 17.9. The Morgan fingerprint density at radius 2 is 1.82 bits per heavy atom. The molecule has 8 nitrogen and oxygen atoms in total. The molecule has 0 aliphatic heterocycles. The van der Waals surface area contributed by atoms with Crippen LogP contribution >= 0.6 is 0 Å². The summed E-state index contributed by atoms with van der Waals surface area (Å²) in [5, 5.41) is 0. The molecule has 0 aliphatic rings. The van der Waals surface area contributed by atoms with Crippen LogP contribution in [0, 0.1) is 0 Å². The SMILES string of the molecule is NC(=O)[C@H](CCCN=C(N)N)NS(=O)(=O)Cc1ccccc1. The molecule has 22 heavy (non-hydrogen) atoms. The molecule has 0 fully saturated rings. The topological polar surface area (TPSA) is 154 Å². The van der Waals surface area contributed by atoms with Gasteiger partial charge in [0.1, 0.15) is 6.04 Å². The number of hydrogen-bond acceptors (Lipinski definition) is 4. The maximum Gasteiger partial charge on any atom is 0.235 e. The van der Waals surface area contributed by atoms with E-state index in [9.17, 15) is 13.2 Å². The first-order valence-electron chi connectivity index (χ1n) is 6.69. The Morgan fingerprint density at radius 1 is 1.18 bits per heavy atom. The maximum atomic E-state index is 12.1. The van der Waals surface area contributed by atoms with Gasteiger partial charge >= 0.3 is 0 Å². The number of primary amides is 1. The molecule has 0 aliphatic carbocycles. The molecular weight excluding hydrogens is 306 g/mol. The van der Waals surface area contributed by atoms with Crippen molar-refractivity contribution in [2.45, 2.75) is 24.6 Å². The van der Waals surface area contributed by atoms with E-state index in [1.807, 2.05) is 0 Å². The highest BCUT2D eigenvalue weighted by molar-refractivity contribution is 7.88. The molecule has 0 heterocycles. The van der Waals surface area contributed by atoms with Crippen molar-refractivity contribution in [2.75, 3.05) is 6.54 Å². The number of nitrogens with one attached hydrogen (secondary N) is 1. The number of benzene rings is 1. The fourth-order valence-electron chi connectivity index (χ4n) is 1.81. The summed E-state index contributed by atoms with van der Waals surface area (Å²) >= 11 is 0. The Kier molecular flexibility index (Phi) is 6.80. The van der Waals surface area contributed by atoms with E-state index >= 15 is 0 Å². The lowest BCUT2D eigenvalue weighted by molar-refractivity contribution is -0.119. The predicted octanol–water partition coefficient (Wildman–Crippen LogP) is -0.986. The van der Waals surface area contributed by atoms with Gasteiger partial charge in [0.2, 0.25) is 15.9 Å². The predicted molar refractivity (Wildman–Crippen MR) is 85.1 cm³/mol. The number of sulfonamides is 1. The summed E-state index contributed by atoms with van der Waals surface area (Å²) in [5.74, 6) is -1.01. The van der Waals surface area contributed by atoms with Crippen molar-refractivity contribution in [1.82, 2.24) is 4.72 Å². The maximum absolute atomic E-state index is 12.1. The minimum Gasteiger partial charge on any atom is -0.370 e. The number of rotatable bonds is 9. The summed E-state index contributed by atoms with van der Waals surface area (Å²) in [6, 6.07) is 7.67. The van der Waals surface area contributed by atoms with E-state index < -0.39 is 22.0 Å². The molecule has 0 bridgehead atoms. The molecular formula is C13H21N5O3S. The average Bonchev–Trinajstić information content (AvgIpc) is 2.42. The Bertz CT molecular complexity index is 612. The molecule has 1 aromatic rings. The van der Waals surface area contributed by atoms with Crippen molar-refractivity contribution in [2.24, 2.45) is 22.2 Å². The Hall–Kier alpha value is -2.13. The molecule has 0 unspecified atom stereocenters. The van der Waals surface area contributed by atoms with Crippen LogP contribution in [0.5, 0.6) is 0 Å². The number of carbonyl (C=O) groups excluding carboxylic acids is 1. The molecule has 0 radical (unpaired) electrons. The van der Waals surface area contributed by atoms with Crippen molar-refractivity contribution in [3.05, 3.63) is 35.9 Å². The smallest absolute Gasteiger partial charge is 0.235 e. The summed E-state index contributed by atoms with van der Waals surface area (Å²) in [6.07, 6.45) is 0.652. The number of nitrogens with zero attached hydrogens (tertiary/aromatic N) is 1. The van der Waals surface area contributed by atoms with Crippen LogP contribution in [0.15, 0.2) is 35.3 Å². The number of aliphatic imine (C=N–C) groups is 1. The van der Waals surface area contributed by atoms with Gasteiger partial charge in [-0.15, -0.1) is 0 Å². The van der Waals surface area contributed by atoms with E-state index in [1.54, 1.807) is 30.3 Å². The zero-order valence-corrected chi connectivity index (χ0v) is 12.9. The van der Waals surface area contributed by atoms with Crippen LogP contribution in [0.4, 0.5) is 0 Å². The molecule has 0 aromatic heterocycles. The van der Waals surface area contributed by atoms with Gasteiger partial charge in [-0.1, -0.05) is 30.3 Å². The van der Waals surface area contributed by atoms with E-state index in [0.29, 0.717) is 18.5 Å². The van der Waals surface area contributed by atoms with Crippen LogP contribution in [-0.4, -0.2) is 32.9 Å². The Labute approximate surface area is 129 Å². The van der Waals surface area contributed by atoms with Crippen molar-refractivity contribution >= 4 is 21.9 Å². The van der Waals surface area contributed by atoms with Gasteiger partial charge in [0, 0.05) is 6.54 Å². The van der Waals surface area contributed by atoms with E-state index in [-0.39, 0.29) is 18.1 Å². The summed E-state index contributed by atoms with van der Waals surface area (Å²) in [7, 11) is -3.67. The average molecular weight is 327 g/mol. The van der Waals surface area contributed by atoms with Crippen LogP contribution in [0.1, 0.15) is 18.4 Å². The molecule has 0 spiro atoms. The zero-order chi connectivity index (χ0) is 16.6. The largest absolute Gasteiger partial charge is 0.370 e. The third-order valence-electron chi connectivity index (χ3n) is 2.81. The summed E-state index contributed by atoms with van der Waals surface area (Å²) in [5.41, 5.74) is 16.2. The fourth-order valence-corrected chi connectivity index (χ4v) is 3.20. The summed E-state index contributed by atoms with van der Waals surface area (Å²) in [4.78, 5) is 15.1. The molecule has 9 heteroatoms. The second-order valence-corrected chi connectivity index (χ2v) is 6.52. The number of hydrogen-bond donors (Lipinski definition) is 4. The van der Waals surface area contributed by atoms with Crippen LogP contribution in [0.25, 0.3) is 0 Å². The van der Waals surface area contributed by atoms with Gasteiger partial charge in [-0.25, -0.2) is 13.1 Å². The molecule has 1 atom stereocenters. The molecule has 1 amide bonds. The zero-order valence-electron chi connectivity index (χ0n) is 12.1. The normalized spacial score (nSPS) is 12.5. The molecule has 7 N–H and O–H groups in total. The van der Waals surface area contributed by atoms with E-state index in [1.165, 1.54) is 0 Å². The number of carbonyl (C=O) groups is 1. The summed E-state index contributed by atoms with van der Waals surface area (Å²) < 4.78 is 26.5. The van der Waals surface area contributed by atoms with Crippen LogP contribution in [0.2, 0.25) is 0 Å². The second-order valence-electron chi connectivity index (χ2n) is 4.77. The van der Waals surface area contributed by atoms with Crippen molar-refractivity contribution in [3.63, 3.8) is 0 Å². The van der Waals surface area contributed by atoms with Crippen LogP contribution in [-0.2, 0) is 20.6 Å². The number of amides is 1. The molecule has 0 saturated heterocycles. The highest BCUT2D eigenvalue weighted by atomic mass is 32.2. The minimum absolute atomic E-state index is 0.0553. The minimum atomic E-state index is -3.67. The standard InChI is InChI=1S/C13H21N5O3S/c14-12(19)11(7-4-8-17-13(15)16)18-22(20,21)9-10-5-2-1-3-6-10/h1-3,5-6,11,18H,4,7-9H2,(H2,14,19)(H4,15,16,17)/t11-/m0/s1. The lowest BCUT2D eigenvalue weighted by Gasteiger charge is -2.15. The third kappa shape index (κ3) is 7.04. The first-order valence-corrected chi connectivity index (χ1v) is 8.34. The molecule has 0 saturated carbocycles. The summed E-state index contributed by atoms with van der Waals surface area (Å²) in [6.45, 7) is 0.298. The van der Waals surface area contributed by atoms with Crippen molar-refractivity contribution in [3.8, 4) is 0 Å². The quantitative estimate of drug-likeness (QED) is 0.260. The van der Waals surface area contributed by atoms with Gasteiger partial charge < -0.3 is 17.2 Å². The number of nitrogens with two attached hydrogens (primary N) is 3. The molecule has 122 valence electrons. The molecule has 1 rings (SSSR count). The number of guanidine groups is 1. The van der Waals surface area contributed by atoms with Crippen LogP contribution in [0.3, 0.4) is 0 Å².